The Hall–Kier alpha value is -3.06. The second kappa shape index (κ2) is 9.75. The normalized spacial score (nSPS) is 10.6. The number of ether oxygens (including phenoxy) is 3. The van der Waals surface area contributed by atoms with Crippen molar-refractivity contribution < 1.29 is 28.2 Å². The fourth-order valence-corrected chi connectivity index (χ4v) is 2.55. The predicted molar refractivity (Wildman–Crippen MR) is 104 cm³/mol. The van der Waals surface area contributed by atoms with E-state index in [0.717, 1.165) is 6.08 Å². The molecule has 2 aromatic carbocycles. The van der Waals surface area contributed by atoms with Gasteiger partial charge in [-0.1, -0.05) is 17.7 Å². The van der Waals surface area contributed by atoms with E-state index in [4.69, 9.17) is 25.8 Å². The van der Waals surface area contributed by atoms with Crippen LogP contribution in [0.4, 0.5) is 10.1 Å². The highest BCUT2D eigenvalue weighted by Gasteiger charge is 2.11. The molecule has 0 spiro atoms. The van der Waals surface area contributed by atoms with Crippen LogP contribution < -0.4 is 14.8 Å². The van der Waals surface area contributed by atoms with Gasteiger partial charge in [-0.15, -0.1) is 0 Å². The number of hydrogen-bond donors (Lipinski definition) is 1. The molecule has 6 nitrogen and oxygen atoms in total. The van der Waals surface area contributed by atoms with Crippen molar-refractivity contribution in [3.63, 3.8) is 0 Å². The number of halogens is 2. The van der Waals surface area contributed by atoms with E-state index in [9.17, 15) is 14.0 Å². The highest BCUT2D eigenvalue weighted by Crippen LogP contribution is 2.36. The van der Waals surface area contributed by atoms with Crippen LogP contribution >= 0.6 is 11.6 Å². The standard InChI is InChI=1S/C20H19ClFNO5/c1-12-4-6-14(10-16(12)22)23-18(24)11-28-19(25)7-5-13-8-15(21)20(27-3)17(9-13)26-2/h4-10H,11H2,1-3H3,(H,23,24)/b7-5+. The van der Waals surface area contributed by atoms with Gasteiger partial charge in [0, 0.05) is 11.8 Å². The van der Waals surface area contributed by atoms with Gasteiger partial charge in [-0.05, 0) is 48.4 Å². The molecule has 0 aliphatic carbocycles. The quantitative estimate of drug-likeness (QED) is 0.554. The lowest BCUT2D eigenvalue weighted by molar-refractivity contribution is -0.142. The summed E-state index contributed by atoms with van der Waals surface area (Å²) in [6.45, 7) is 1.10. The van der Waals surface area contributed by atoms with Crippen LogP contribution in [0, 0.1) is 12.7 Å². The minimum atomic E-state index is -0.726. The van der Waals surface area contributed by atoms with E-state index >= 15 is 0 Å². The first-order valence-corrected chi connectivity index (χ1v) is 8.54. The number of benzene rings is 2. The summed E-state index contributed by atoms with van der Waals surface area (Å²) in [5.41, 5.74) is 1.32. The molecule has 0 radical (unpaired) electrons. The van der Waals surface area contributed by atoms with E-state index in [0.29, 0.717) is 27.6 Å². The molecule has 0 aliphatic heterocycles. The van der Waals surface area contributed by atoms with Gasteiger partial charge in [0.2, 0.25) is 0 Å². The smallest absolute Gasteiger partial charge is 0.331 e. The van der Waals surface area contributed by atoms with Gasteiger partial charge < -0.3 is 19.5 Å². The summed E-state index contributed by atoms with van der Waals surface area (Å²) in [6, 6.07) is 7.50. The van der Waals surface area contributed by atoms with Gasteiger partial charge in [-0.3, -0.25) is 4.79 Å². The number of aryl methyl sites for hydroxylation is 1. The molecule has 0 unspecified atom stereocenters. The summed E-state index contributed by atoms with van der Waals surface area (Å²) in [5.74, 6) is -0.956. The van der Waals surface area contributed by atoms with Crippen LogP contribution in [0.2, 0.25) is 5.02 Å². The Morgan fingerprint density at radius 3 is 2.57 bits per heavy atom. The SMILES string of the molecule is COc1cc(/C=C/C(=O)OCC(=O)Nc2ccc(C)c(F)c2)cc(Cl)c1OC. The molecule has 148 valence electrons. The molecule has 0 saturated carbocycles. The molecule has 2 rings (SSSR count). The van der Waals surface area contributed by atoms with Gasteiger partial charge in [0.15, 0.2) is 18.1 Å². The second-order valence-electron chi connectivity index (χ2n) is 5.69. The zero-order valence-corrected chi connectivity index (χ0v) is 16.3. The van der Waals surface area contributed by atoms with Crippen molar-refractivity contribution in [3.05, 3.63) is 58.4 Å². The maximum absolute atomic E-state index is 13.5. The molecule has 8 heteroatoms. The number of hydrogen-bond acceptors (Lipinski definition) is 5. The molecule has 1 amide bonds. The van der Waals surface area contributed by atoms with E-state index < -0.39 is 24.3 Å². The molecule has 0 fully saturated rings. The highest BCUT2D eigenvalue weighted by atomic mass is 35.5. The molecule has 0 aromatic heterocycles. The van der Waals surface area contributed by atoms with Gasteiger partial charge in [-0.2, -0.15) is 0 Å². The third-order valence-electron chi connectivity index (χ3n) is 3.67. The van der Waals surface area contributed by atoms with Crippen LogP contribution in [0.15, 0.2) is 36.4 Å². The Labute approximate surface area is 166 Å². The average molecular weight is 408 g/mol. The molecule has 0 saturated heterocycles. The van der Waals surface area contributed by atoms with Crippen LogP contribution in [0.3, 0.4) is 0 Å². The summed E-state index contributed by atoms with van der Waals surface area (Å²) in [7, 11) is 2.93. The number of anilines is 1. The van der Waals surface area contributed by atoms with Crippen molar-refractivity contribution in [1.82, 2.24) is 0 Å². The minimum absolute atomic E-state index is 0.277. The first kappa shape index (κ1) is 21.2. The molecule has 2 aromatic rings. The van der Waals surface area contributed by atoms with Crippen LogP contribution in [-0.2, 0) is 14.3 Å². The van der Waals surface area contributed by atoms with E-state index in [2.05, 4.69) is 5.32 Å². The number of carbonyl (C=O) groups is 2. The second-order valence-corrected chi connectivity index (χ2v) is 6.10. The number of nitrogens with one attached hydrogen (secondary N) is 1. The van der Waals surface area contributed by atoms with Crippen LogP contribution in [0.5, 0.6) is 11.5 Å². The largest absolute Gasteiger partial charge is 0.493 e. The Morgan fingerprint density at radius 2 is 1.93 bits per heavy atom. The predicted octanol–water partition coefficient (Wildman–Crippen LogP) is 4.00. The Morgan fingerprint density at radius 1 is 1.18 bits per heavy atom. The van der Waals surface area contributed by atoms with Gasteiger partial charge in [0.25, 0.3) is 5.91 Å². The molecule has 28 heavy (non-hydrogen) atoms. The number of carbonyl (C=O) groups excluding carboxylic acids is 2. The molecule has 0 aliphatic rings. The lowest BCUT2D eigenvalue weighted by atomic mass is 10.2. The number of esters is 1. The van der Waals surface area contributed by atoms with E-state index in [1.807, 2.05) is 0 Å². The number of amides is 1. The summed E-state index contributed by atoms with van der Waals surface area (Å²) in [6.07, 6.45) is 2.61. The maximum Gasteiger partial charge on any atom is 0.331 e. The fourth-order valence-electron chi connectivity index (χ4n) is 2.25. The monoisotopic (exact) mass is 407 g/mol. The Bertz CT molecular complexity index is 914. The third kappa shape index (κ3) is 5.72. The van der Waals surface area contributed by atoms with Crippen LogP contribution in [0.25, 0.3) is 6.08 Å². The molecular formula is C20H19ClFNO5. The Kier molecular flexibility index (Phi) is 7.40. The summed E-state index contributed by atoms with van der Waals surface area (Å²) in [4.78, 5) is 23.6. The lowest BCUT2D eigenvalue weighted by Gasteiger charge is -2.10. The zero-order chi connectivity index (χ0) is 20.7. The zero-order valence-electron chi connectivity index (χ0n) is 15.5. The topological polar surface area (TPSA) is 73.9 Å². The molecule has 1 N–H and O–H groups in total. The summed E-state index contributed by atoms with van der Waals surface area (Å²) < 4.78 is 28.6. The van der Waals surface area contributed by atoms with E-state index in [1.165, 1.54) is 32.4 Å². The van der Waals surface area contributed by atoms with Crippen molar-refractivity contribution in [2.45, 2.75) is 6.92 Å². The highest BCUT2D eigenvalue weighted by molar-refractivity contribution is 6.32. The summed E-state index contributed by atoms with van der Waals surface area (Å²) in [5, 5.41) is 2.77. The van der Waals surface area contributed by atoms with Gasteiger partial charge in [0.05, 0.1) is 19.2 Å². The van der Waals surface area contributed by atoms with Crippen molar-refractivity contribution in [2.24, 2.45) is 0 Å². The van der Waals surface area contributed by atoms with Crippen LogP contribution in [-0.4, -0.2) is 32.7 Å². The third-order valence-corrected chi connectivity index (χ3v) is 3.95. The first-order chi connectivity index (χ1) is 13.3. The van der Waals surface area contributed by atoms with E-state index in [1.54, 1.807) is 25.1 Å². The lowest BCUT2D eigenvalue weighted by Crippen LogP contribution is -2.20. The minimum Gasteiger partial charge on any atom is -0.493 e. The maximum atomic E-state index is 13.5. The van der Waals surface area contributed by atoms with Crippen LogP contribution in [0.1, 0.15) is 11.1 Å². The molecule has 0 bridgehead atoms. The average Bonchev–Trinajstić information content (AvgIpc) is 2.67. The Balaban J connectivity index is 1.92. The van der Waals surface area contributed by atoms with Gasteiger partial charge >= 0.3 is 5.97 Å². The molecule has 0 heterocycles. The van der Waals surface area contributed by atoms with Crippen molar-refractivity contribution in [1.29, 1.82) is 0 Å². The van der Waals surface area contributed by atoms with Gasteiger partial charge in [-0.25, -0.2) is 9.18 Å². The molecule has 0 atom stereocenters. The molecular weight excluding hydrogens is 389 g/mol. The van der Waals surface area contributed by atoms with Gasteiger partial charge in [0.1, 0.15) is 5.82 Å². The summed E-state index contributed by atoms with van der Waals surface area (Å²) >= 11 is 6.09. The number of rotatable bonds is 7. The van der Waals surface area contributed by atoms with E-state index in [-0.39, 0.29) is 5.69 Å². The fraction of sp³-hybridized carbons (Fsp3) is 0.200. The number of methoxy groups -OCH3 is 2. The van der Waals surface area contributed by atoms with Crippen molar-refractivity contribution >= 4 is 35.2 Å². The van der Waals surface area contributed by atoms with Crippen molar-refractivity contribution in [2.75, 3.05) is 26.1 Å². The first-order valence-electron chi connectivity index (χ1n) is 8.16. The van der Waals surface area contributed by atoms with Crippen molar-refractivity contribution in [3.8, 4) is 11.5 Å².